The lowest BCUT2D eigenvalue weighted by Crippen LogP contribution is -2.04. The van der Waals surface area contributed by atoms with E-state index in [-0.39, 0.29) is 16.7 Å². The van der Waals surface area contributed by atoms with E-state index in [0.717, 1.165) is 5.56 Å². The Bertz CT molecular complexity index is 1230. The Morgan fingerprint density at radius 3 is 2.52 bits per heavy atom. The van der Waals surface area contributed by atoms with Crippen molar-refractivity contribution in [3.8, 4) is 28.2 Å². The highest BCUT2D eigenvalue weighted by atomic mass is 79.9. The van der Waals surface area contributed by atoms with Crippen molar-refractivity contribution in [3.63, 3.8) is 0 Å². The number of benzene rings is 3. The molecule has 0 fully saturated rings. The number of phenolic OH excluding ortho intramolecular Hbond substituents is 1. The van der Waals surface area contributed by atoms with Gasteiger partial charge in [0.05, 0.1) is 5.56 Å². The minimum Gasteiger partial charge on any atom is -0.508 e. The van der Waals surface area contributed by atoms with Crippen LogP contribution < -0.4 is 5.43 Å². The fourth-order valence-corrected chi connectivity index (χ4v) is 3.57. The summed E-state index contributed by atoms with van der Waals surface area (Å²) < 4.78 is 5.80. The molecule has 2 aromatic rings. The molecule has 0 atom stereocenters. The van der Waals surface area contributed by atoms with Gasteiger partial charge in [0, 0.05) is 34.0 Å². The summed E-state index contributed by atoms with van der Waals surface area (Å²) in [6.45, 7) is 0. The second-order valence-corrected chi connectivity index (χ2v) is 6.69. The van der Waals surface area contributed by atoms with E-state index in [2.05, 4.69) is 15.9 Å². The van der Waals surface area contributed by atoms with E-state index in [1.165, 1.54) is 24.3 Å². The minimum atomic E-state index is -1.05. The molecule has 1 heterocycles. The molecule has 6 heteroatoms. The van der Waals surface area contributed by atoms with Gasteiger partial charge in [-0.15, -0.1) is 0 Å². The fourth-order valence-electron chi connectivity index (χ4n) is 3.22. The van der Waals surface area contributed by atoms with Crippen molar-refractivity contribution in [2.24, 2.45) is 0 Å². The van der Waals surface area contributed by atoms with Gasteiger partial charge in [0.25, 0.3) is 0 Å². The van der Waals surface area contributed by atoms with Gasteiger partial charge in [-0.3, -0.25) is 4.79 Å². The van der Waals surface area contributed by atoms with Crippen molar-refractivity contribution >= 4 is 32.9 Å². The van der Waals surface area contributed by atoms with Crippen LogP contribution in [-0.4, -0.2) is 16.2 Å². The average molecular weight is 425 g/mol. The zero-order chi connectivity index (χ0) is 19.1. The van der Waals surface area contributed by atoms with Crippen molar-refractivity contribution in [1.29, 1.82) is 0 Å². The van der Waals surface area contributed by atoms with Crippen LogP contribution in [0.2, 0.25) is 0 Å². The SMILES string of the molecule is O=C(O)c1cc(CBr)ccc1-c1c2ccc(=O)cc-2oc2cc(O)ccc12. The number of fused-ring (bicyclic) bond motifs is 2. The summed E-state index contributed by atoms with van der Waals surface area (Å²) in [6, 6.07) is 14.3. The summed E-state index contributed by atoms with van der Waals surface area (Å²) in [5.74, 6) is -0.700. The molecule has 0 bridgehead atoms. The zero-order valence-electron chi connectivity index (χ0n) is 13.9. The standard InChI is InChI=1S/C21H13BrO5/c22-10-11-1-4-14(17(7-11)21(25)26)20-15-5-2-12(23)8-18(15)27-19-9-13(24)3-6-16(19)20/h1-9,23H,10H2,(H,25,26). The first-order valence-electron chi connectivity index (χ1n) is 8.10. The summed E-state index contributed by atoms with van der Waals surface area (Å²) in [6.07, 6.45) is 0. The molecule has 0 spiro atoms. The molecular weight excluding hydrogens is 412 g/mol. The number of hydrogen-bond acceptors (Lipinski definition) is 4. The number of hydrogen-bond donors (Lipinski definition) is 2. The Morgan fingerprint density at radius 2 is 1.78 bits per heavy atom. The van der Waals surface area contributed by atoms with Gasteiger partial charge in [0.1, 0.15) is 17.1 Å². The number of carboxylic acid groups (broad SMARTS) is 1. The molecule has 2 aliphatic rings. The Morgan fingerprint density at radius 1 is 1.00 bits per heavy atom. The predicted octanol–water partition coefficient (Wildman–Crippen LogP) is 4.86. The van der Waals surface area contributed by atoms with E-state index in [1.54, 1.807) is 24.3 Å². The van der Waals surface area contributed by atoms with Crippen molar-refractivity contribution in [1.82, 2.24) is 0 Å². The van der Waals surface area contributed by atoms with E-state index >= 15 is 0 Å². The molecule has 1 aliphatic carbocycles. The highest BCUT2D eigenvalue weighted by Gasteiger charge is 2.22. The third-order valence-electron chi connectivity index (χ3n) is 4.41. The van der Waals surface area contributed by atoms with E-state index in [0.29, 0.717) is 38.7 Å². The maximum absolute atomic E-state index is 11.9. The molecule has 1 aliphatic heterocycles. The van der Waals surface area contributed by atoms with Crippen molar-refractivity contribution in [2.75, 3.05) is 0 Å². The lowest BCUT2D eigenvalue weighted by molar-refractivity contribution is 0.0697. The maximum atomic E-state index is 11.9. The van der Waals surface area contributed by atoms with Crippen molar-refractivity contribution in [3.05, 3.63) is 75.9 Å². The van der Waals surface area contributed by atoms with Crippen LogP contribution in [0, 0.1) is 0 Å². The Kier molecular flexibility index (Phi) is 4.20. The molecule has 0 aromatic heterocycles. The van der Waals surface area contributed by atoms with E-state index in [1.807, 2.05) is 6.07 Å². The minimum absolute atomic E-state index is 0.0166. The molecule has 134 valence electrons. The number of halogens is 1. The normalized spacial score (nSPS) is 11.1. The topological polar surface area (TPSA) is 87.7 Å². The third kappa shape index (κ3) is 2.98. The van der Waals surface area contributed by atoms with Crippen molar-refractivity contribution in [2.45, 2.75) is 5.33 Å². The van der Waals surface area contributed by atoms with Gasteiger partial charge in [0.2, 0.25) is 0 Å². The van der Waals surface area contributed by atoms with Gasteiger partial charge in [0.15, 0.2) is 5.43 Å². The van der Waals surface area contributed by atoms with Crippen LogP contribution in [0.3, 0.4) is 0 Å². The number of phenols is 1. The lowest BCUT2D eigenvalue weighted by Gasteiger charge is -2.17. The number of rotatable bonds is 3. The number of carboxylic acids is 1. The summed E-state index contributed by atoms with van der Waals surface area (Å²) >= 11 is 3.35. The van der Waals surface area contributed by atoms with Crippen LogP contribution in [0.5, 0.6) is 5.75 Å². The molecule has 5 nitrogen and oxygen atoms in total. The fraction of sp³-hybridized carbons (Fsp3) is 0.0476. The molecular formula is C21H13BrO5. The average Bonchev–Trinajstić information content (AvgIpc) is 2.65. The lowest BCUT2D eigenvalue weighted by atomic mass is 9.90. The Balaban J connectivity index is 2.18. The largest absolute Gasteiger partial charge is 0.508 e. The quantitative estimate of drug-likeness (QED) is 0.362. The molecule has 0 amide bonds. The van der Waals surface area contributed by atoms with E-state index in [9.17, 15) is 19.8 Å². The van der Waals surface area contributed by atoms with E-state index in [4.69, 9.17) is 4.42 Å². The summed E-state index contributed by atoms with van der Waals surface area (Å²) in [4.78, 5) is 23.7. The summed E-state index contributed by atoms with van der Waals surface area (Å²) in [5, 5.41) is 20.7. The number of aromatic hydroxyl groups is 1. The highest BCUT2D eigenvalue weighted by Crippen LogP contribution is 2.42. The van der Waals surface area contributed by atoms with Crippen LogP contribution in [-0.2, 0) is 5.33 Å². The maximum Gasteiger partial charge on any atom is 0.336 e. The van der Waals surface area contributed by atoms with Crippen LogP contribution in [0.25, 0.3) is 33.4 Å². The molecule has 0 unspecified atom stereocenters. The predicted molar refractivity (Wildman–Crippen MR) is 106 cm³/mol. The second kappa shape index (κ2) is 6.55. The first-order valence-corrected chi connectivity index (χ1v) is 9.22. The Labute approximate surface area is 162 Å². The first kappa shape index (κ1) is 17.3. The van der Waals surface area contributed by atoms with Gasteiger partial charge < -0.3 is 14.6 Å². The number of aromatic carboxylic acids is 1. The number of carbonyl (C=O) groups is 1. The van der Waals surface area contributed by atoms with Crippen LogP contribution in [0.4, 0.5) is 0 Å². The second-order valence-electron chi connectivity index (χ2n) is 6.13. The Hall–Kier alpha value is -3.12. The van der Waals surface area contributed by atoms with Gasteiger partial charge in [-0.2, -0.15) is 0 Å². The molecule has 2 N–H and O–H groups in total. The van der Waals surface area contributed by atoms with Crippen LogP contribution in [0.15, 0.2) is 63.8 Å². The molecule has 0 saturated carbocycles. The van der Waals surface area contributed by atoms with Gasteiger partial charge >= 0.3 is 5.97 Å². The third-order valence-corrected chi connectivity index (χ3v) is 5.06. The first-order chi connectivity index (χ1) is 13.0. The van der Waals surface area contributed by atoms with Gasteiger partial charge in [-0.25, -0.2) is 4.79 Å². The highest BCUT2D eigenvalue weighted by molar-refractivity contribution is 9.08. The summed E-state index contributed by atoms with van der Waals surface area (Å²) in [5.41, 5.74) is 2.92. The molecule has 0 radical (unpaired) electrons. The van der Waals surface area contributed by atoms with Crippen LogP contribution >= 0.6 is 15.9 Å². The molecule has 27 heavy (non-hydrogen) atoms. The molecule has 4 rings (SSSR count). The van der Waals surface area contributed by atoms with E-state index < -0.39 is 5.97 Å². The van der Waals surface area contributed by atoms with Crippen LogP contribution in [0.1, 0.15) is 15.9 Å². The van der Waals surface area contributed by atoms with Crippen molar-refractivity contribution < 1.29 is 19.4 Å². The molecule has 0 saturated heterocycles. The van der Waals surface area contributed by atoms with Gasteiger partial charge in [-0.1, -0.05) is 28.1 Å². The van der Waals surface area contributed by atoms with Gasteiger partial charge in [-0.05, 0) is 41.5 Å². The zero-order valence-corrected chi connectivity index (χ0v) is 15.5. The summed E-state index contributed by atoms with van der Waals surface area (Å²) in [7, 11) is 0. The molecule has 2 aromatic carbocycles. The smallest absolute Gasteiger partial charge is 0.336 e. The monoisotopic (exact) mass is 424 g/mol. The number of alkyl halides is 1.